The molecule has 4 heteroatoms. The summed E-state index contributed by atoms with van der Waals surface area (Å²) in [6, 6.07) is 0.292. The molecule has 0 bridgehead atoms. The molecule has 1 aliphatic rings. The van der Waals surface area contributed by atoms with Crippen LogP contribution in [0, 0.1) is 5.92 Å². The Balaban J connectivity index is 2.36. The zero-order valence-electron chi connectivity index (χ0n) is 10.4. The maximum atomic E-state index is 12.6. The summed E-state index contributed by atoms with van der Waals surface area (Å²) in [5, 5.41) is 3.31. The molecule has 3 unspecified atom stereocenters. The van der Waals surface area contributed by atoms with Gasteiger partial charge in [0.15, 0.2) is 0 Å². The minimum absolute atomic E-state index is 0.0233. The van der Waals surface area contributed by atoms with Crippen LogP contribution in [0.15, 0.2) is 12.7 Å². The van der Waals surface area contributed by atoms with E-state index in [1.165, 1.54) is 0 Å². The average molecular weight is 249 g/mol. The molecule has 1 aliphatic carbocycles. The quantitative estimate of drug-likeness (QED) is 0.725. The first-order chi connectivity index (χ1) is 7.93. The maximum absolute atomic E-state index is 12.6. The Kier molecular flexibility index (Phi) is 5.50. The standard InChI is InChI=1S/C13H22F3N/c1-3-4-6-10(2)17-12-8-5-7-11(9-12)13(14,15)16/h3,10-12,17H,1,4-9H2,2H3. The zero-order valence-corrected chi connectivity index (χ0v) is 10.4. The highest BCUT2D eigenvalue weighted by molar-refractivity contribution is 4.83. The van der Waals surface area contributed by atoms with Crippen LogP contribution in [0.5, 0.6) is 0 Å². The van der Waals surface area contributed by atoms with Crippen molar-refractivity contribution in [3.63, 3.8) is 0 Å². The number of hydrogen-bond acceptors (Lipinski definition) is 1. The first-order valence-corrected chi connectivity index (χ1v) is 6.37. The van der Waals surface area contributed by atoms with E-state index in [0.29, 0.717) is 12.8 Å². The third-order valence-corrected chi connectivity index (χ3v) is 3.46. The van der Waals surface area contributed by atoms with Crippen LogP contribution in [0.3, 0.4) is 0 Å². The summed E-state index contributed by atoms with van der Waals surface area (Å²) in [5.41, 5.74) is 0. The minimum atomic E-state index is -4.02. The summed E-state index contributed by atoms with van der Waals surface area (Å²) in [6.45, 7) is 5.68. The van der Waals surface area contributed by atoms with Crippen molar-refractivity contribution in [2.24, 2.45) is 5.92 Å². The predicted octanol–water partition coefficient (Wildman–Crippen LogP) is 4.05. The van der Waals surface area contributed by atoms with E-state index in [9.17, 15) is 13.2 Å². The Labute approximate surface area is 101 Å². The molecule has 0 heterocycles. The molecule has 0 aromatic carbocycles. The SMILES string of the molecule is C=CCCC(C)NC1CCCC(C(F)(F)F)C1. The van der Waals surface area contributed by atoms with Gasteiger partial charge in [-0.3, -0.25) is 0 Å². The molecule has 1 saturated carbocycles. The monoisotopic (exact) mass is 249 g/mol. The van der Waals surface area contributed by atoms with Crippen molar-refractivity contribution in [2.75, 3.05) is 0 Å². The van der Waals surface area contributed by atoms with Crippen LogP contribution in [0.25, 0.3) is 0 Å². The first kappa shape index (κ1) is 14.6. The second-order valence-corrected chi connectivity index (χ2v) is 5.04. The first-order valence-electron chi connectivity index (χ1n) is 6.37. The summed E-state index contributed by atoms with van der Waals surface area (Å²) < 4.78 is 37.8. The second-order valence-electron chi connectivity index (χ2n) is 5.04. The van der Waals surface area contributed by atoms with Gasteiger partial charge >= 0.3 is 6.18 Å². The molecule has 0 aromatic rings. The smallest absolute Gasteiger partial charge is 0.311 e. The van der Waals surface area contributed by atoms with E-state index in [1.54, 1.807) is 0 Å². The van der Waals surface area contributed by atoms with Crippen LogP contribution in [-0.2, 0) is 0 Å². The lowest BCUT2D eigenvalue weighted by molar-refractivity contribution is -0.183. The molecule has 3 atom stereocenters. The van der Waals surface area contributed by atoms with Gasteiger partial charge in [0.25, 0.3) is 0 Å². The Morgan fingerprint density at radius 2 is 2.12 bits per heavy atom. The lowest BCUT2D eigenvalue weighted by atomic mass is 9.85. The van der Waals surface area contributed by atoms with Gasteiger partial charge in [0.05, 0.1) is 5.92 Å². The highest BCUT2D eigenvalue weighted by Crippen LogP contribution is 2.37. The van der Waals surface area contributed by atoms with Crippen molar-refractivity contribution in [1.82, 2.24) is 5.32 Å². The summed E-state index contributed by atoms with van der Waals surface area (Å²) in [7, 11) is 0. The summed E-state index contributed by atoms with van der Waals surface area (Å²) in [6.07, 6.45) is 1.74. The number of alkyl halides is 3. The van der Waals surface area contributed by atoms with Crippen molar-refractivity contribution >= 4 is 0 Å². The molecule has 17 heavy (non-hydrogen) atoms. The van der Waals surface area contributed by atoms with Gasteiger partial charge in [0.2, 0.25) is 0 Å². The summed E-state index contributed by atoms with van der Waals surface area (Å²) >= 11 is 0. The van der Waals surface area contributed by atoms with Crippen LogP contribution in [0.2, 0.25) is 0 Å². The van der Waals surface area contributed by atoms with Crippen LogP contribution in [0.4, 0.5) is 13.2 Å². The lowest BCUT2D eigenvalue weighted by Gasteiger charge is -2.32. The average Bonchev–Trinajstić information content (AvgIpc) is 2.25. The van der Waals surface area contributed by atoms with Gasteiger partial charge in [-0.15, -0.1) is 6.58 Å². The van der Waals surface area contributed by atoms with Gasteiger partial charge < -0.3 is 5.32 Å². The van der Waals surface area contributed by atoms with Crippen molar-refractivity contribution in [3.05, 3.63) is 12.7 Å². The second kappa shape index (κ2) is 6.43. The third-order valence-electron chi connectivity index (χ3n) is 3.46. The Bertz CT molecular complexity index is 237. The van der Waals surface area contributed by atoms with E-state index in [0.717, 1.165) is 19.3 Å². The van der Waals surface area contributed by atoms with Crippen molar-refractivity contribution in [3.8, 4) is 0 Å². The molecule has 0 aromatic heterocycles. The fraction of sp³-hybridized carbons (Fsp3) is 0.846. The van der Waals surface area contributed by atoms with Crippen molar-refractivity contribution < 1.29 is 13.2 Å². The zero-order chi connectivity index (χ0) is 12.9. The molecular formula is C13H22F3N. The highest BCUT2D eigenvalue weighted by Gasteiger charge is 2.42. The van der Waals surface area contributed by atoms with E-state index in [4.69, 9.17) is 0 Å². The molecule has 0 spiro atoms. The summed E-state index contributed by atoms with van der Waals surface area (Å²) in [5.74, 6) is -1.11. The molecule has 0 aliphatic heterocycles. The maximum Gasteiger partial charge on any atom is 0.391 e. The molecule has 0 saturated heterocycles. The topological polar surface area (TPSA) is 12.0 Å². The largest absolute Gasteiger partial charge is 0.391 e. The molecule has 100 valence electrons. The lowest BCUT2D eigenvalue weighted by Crippen LogP contribution is -2.42. The molecule has 1 nitrogen and oxygen atoms in total. The number of halogens is 3. The van der Waals surface area contributed by atoms with Crippen LogP contribution >= 0.6 is 0 Å². The van der Waals surface area contributed by atoms with Gasteiger partial charge in [-0.25, -0.2) is 0 Å². The molecular weight excluding hydrogens is 227 g/mol. The Morgan fingerprint density at radius 1 is 1.41 bits per heavy atom. The van der Waals surface area contributed by atoms with Gasteiger partial charge in [-0.05, 0) is 39.0 Å². The highest BCUT2D eigenvalue weighted by atomic mass is 19.4. The summed E-state index contributed by atoms with van der Waals surface area (Å²) in [4.78, 5) is 0. The van der Waals surface area contributed by atoms with E-state index in [-0.39, 0.29) is 18.5 Å². The van der Waals surface area contributed by atoms with Crippen LogP contribution in [0.1, 0.15) is 45.4 Å². The fourth-order valence-electron chi connectivity index (χ4n) is 2.49. The number of allylic oxidation sites excluding steroid dienone is 1. The molecule has 0 radical (unpaired) electrons. The number of rotatable bonds is 5. The Morgan fingerprint density at radius 3 is 2.71 bits per heavy atom. The van der Waals surface area contributed by atoms with Gasteiger partial charge in [-0.2, -0.15) is 13.2 Å². The van der Waals surface area contributed by atoms with Crippen molar-refractivity contribution in [1.29, 1.82) is 0 Å². The predicted molar refractivity (Wildman–Crippen MR) is 63.8 cm³/mol. The Hall–Kier alpha value is -0.510. The third kappa shape index (κ3) is 5.11. The van der Waals surface area contributed by atoms with Gasteiger partial charge in [0, 0.05) is 12.1 Å². The van der Waals surface area contributed by atoms with E-state index in [2.05, 4.69) is 11.9 Å². The minimum Gasteiger partial charge on any atom is -0.311 e. The molecule has 0 amide bonds. The molecule has 1 rings (SSSR count). The number of nitrogens with one attached hydrogen (secondary N) is 1. The number of hydrogen-bond donors (Lipinski definition) is 1. The van der Waals surface area contributed by atoms with Crippen molar-refractivity contribution in [2.45, 2.75) is 63.7 Å². The fourth-order valence-corrected chi connectivity index (χ4v) is 2.49. The van der Waals surface area contributed by atoms with Crippen LogP contribution in [-0.4, -0.2) is 18.3 Å². The van der Waals surface area contributed by atoms with Gasteiger partial charge in [-0.1, -0.05) is 12.5 Å². The molecule has 1 N–H and O–H groups in total. The van der Waals surface area contributed by atoms with E-state index < -0.39 is 12.1 Å². The van der Waals surface area contributed by atoms with E-state index in [1.807, 2.05) is 13.0 Å². The van der Waals surface area contributed by atoms with E-state index >= 15 is 0 Å². The van der Waals surface area contributed by atoms with Crippen LogP contribution < -0.4 is 5.32 Å². The van der Waals surface area contributed by atoms with Gasteiger partial charge in [0.1, 0.15) is 0 Å². The normalized spacial score (nSPS) is 27.8. The molecule has 1 fully saturated rings.